The molecule has 3 aromatic carbocycles. The molecule has 37 heavy (non-hydrogen) atoms. The van der Waals surface area contributed by atoms with Gasteiger partial charge in [-0.25, -0.2) is 0 Å². The molecule has 3 aromatic rings. The summed E-state index contributed by atoms with van der Waals surface area (Å²) in [5, 5.41) is 23.3. The van der Waals surface area contributed by atoms with Crippen molar-refractivity contribution >= 4 is 16.7 Å². The Bertz CT molecular complexity index is 1210. The van der Waals surface area contributed by atoms with Crippen LogP contribution >= 0.6 is 0 Å². The van der Waals surface area contributed by atoms with Gasteiger partial charge in [0, 0.05) is 18.6 Å². The zero-order chi connectivity index (χ0) is 26.6. The highest BCUT2D eigenvalue weighted by molar-refractivity contribution is 5.95. The van der Waals surface area contributed by atoms with Gasteiger partial charge in [-0.3, -0.25) is 4.79 Å². The van der Waals surface area contributed by atoms with Gasteiger partial charge in [0.05, 0.1) is 43.3 Å². The molecular formula is C30H36O7. The van der Waals surface area contributed by atoms with Crippen LogP contribution in [0, 0.1) is 11.8 Å². The van der Waals surface area contributed by atoms with Crippen molar-refractivity contribution < 1.29 is 34.0 Å². The van der Waals surface area contributed by atoms with Crippen LogP contribution in [0.15, 0.2) is 60.7 Å². The minimum atomic E-state index is -1.39. The van der Waals surface area contributed by atoms with Gasteiger partial charge in [-0.15, -0.1) is 0 Å². The number of rotatable bonds is 9. The lowest BCUT2D eigenvalue weighted by atomic mass is 9.67. The third kappa shape index (κ3) is 5.44. The van der Waals surface area contributed by atoms with Gasteiger partial charge in [0.15, 0.2) is 0 Å². The van der Waals surface area contributed by atoms with Gasteiger partial charge in [0.1, 0.15) is 18.1 Å². The zero-order valence-corrected chi connectivity index (χ0v) is 21.8. The van der Waals surface area contributed by atoms with Crippen LogP contribution < -0.4 is 9.47 Å². The summed E-state index contributed by atoms with van der Waals surface area (Å²) < 4.78 is 23.3. The topological polar surface area (TPSA) is 94.5 Å². The predicted octanol–water partition coefficient (Wildman–Crippen LogP) is 4.82. The van der Waals surface area contributed by atoms with Gasteiger partial charge in [0.2, 0.25) is 0 Å². The molecule has 198 valence electrons. The van der Waals surface area contributed by atoms with Crippen molar-refractivity contribution in [2.75, 3.05) is 21.3 Å². The van der Waals surface area contributed by atoms with Crippen molar-refractivity contribution in [2.45, 2.75) is 50.6 Å². The molecular weight excluding hydrogens is 472 g/mol. The van der Waals surface area contributed by atoms with Gasteiger partial charge in [-0.1, -0.05) is 54.6 Å². The maximum atomic E-state index is 13.5. The van der Waals surface area contributed by atoms with E-state index < -0.39 is 29.7 Å². The van der Waals surface area contributed by atoms with Gasteiger partial charge in [-0.05, 0) is 43.2 Å². The summed E-state index contributed by atoms with van der Waals surface area (Å²) in [5.74, 6) is -0.132. The first-order chi connectivity index (χ1) is 17.8. The van der Waals surface area contributed by atoms with Crippen LogP contribution in [0.25, 0.3) is 10.8 Å². The maximum Gasteiger partial charge on any atom is 0.309 e. The van der Waals surface area contributed by atoms with Crippen LogP contribution in [0.5, 0.6) is 11.5 Å². The summed E-state index contributed by atoms with van der Waals surface area (Å²) in [6, 6.07) is 19.2. The Hall–Kier alpha value is -3.13. The zero-order valence-electron chi connectivity index (χ0n) is 21.8. The second-order valence-corrected chi connectivity index (χ2v) is 9.79. The van der Waals surface area contributed by atoms with Gasteiger partial charge < -0.3 is 29.2 Å². The Morgan fingerprint density at radius 3 is 2.43 bits per heavy atom. The van der Waals surface area contributed by atoms with Crippen molar-refractivity contribution in [2.24, 2.45) is 11.8 Å². The lowest BCUT2D eigenvalue weighted by Gasteiger charge is -2.44. The molecule has 0 aromatic heterocycles. The second-order valence-electron chi connectivity index (χ2n) is 9.79. The van der Waals surface area contributed by atoms with Crippen LogP contribution in [0.3, 0.4) is 0 Å². The van der Waals surface area contributed by atoms with Gasteiger partial charge in [0.25, 0.3) is 0 Å². The molecule has 0 saturated heterocycles. The number of carbonyl (C=O) groups excluding carboxylic acids is 1. The van der Waals surface area contributed by atoms with Crippen molar-refractivity contribution in [1.82, 2.24) is 0 Å². The Morgan fingerprint density at radius 1 is 1.03 bits per heavy atom. The summed E-state index contributed by atoms with van der Waals surface area (Å²) >= 11 is 0. The van der Waals surface area contributed by atoms with Crippen molar-refractivity contribution in [1.29, 1.82) is 0 Å². The van der Waals surface area contributed by atoms with Crippen LogP contribution in [0.1, 0.15) is 43.4 Å². The number of hydrogen-bond acceptors (Lipinski definition) is 7. The van der Waals surface area contributed by atoms with Crippen LogP contribution in [0.2, 0.25) is 0 Å². The van der Waals surface area contributed by atoms with E-state index in [-0.39, 0.29) is 18.9 Å². The fraction of sp³-hybridized carbons (Fsp3) is 0.433. The first-order valence-corrected chi connectivity index (χ1v) is 12.6. The quantitative estimate of drug-likeness (QED) is 0.400. The van der Waals surface area contributed by atoms with Crippen LogP contribution in [-0.4, -0.2) is 49.2 Å². The van der Waals surface area contributed by atoms with E-state index in [9.17, 15) is 15.0 Å². The van der Waals surface area contributed by atoms with Crippen LogP contribution in [0.4, 0.5) is 0 Å². The first-order valence-electron chi connectivity index (χ1n) is 12.6. The molecule has 7 nitrogen and oxygen atoms in total. The molecule has 1 aliphatic rings. The molecule has 1 saturated carbocycles. The van der Waals surface area contributed by atoms with Crippen molar-refractivity contribution in [3.63, 3.8) is 0 Å². The lowest BCUT2D eigenvalue weighted by molar-refractivity contribution is -0.170. The Labute approximate surface area is 217 Å². The largest absolute Gasteiger partial charge is 0.496 e. The highest BCUT2D eigenvalue weighted by Crippen LogP contribution is 2.49. The Morgan fingerprint density at radius 2 is 1.78 bits per heavy atom. The molecule has 5 atom stereocenters. The molecule has 0 radical (unpaired) electrons. The van der Waals surface area contributed by atoms with E-state index in [1.807, 2.05) is 60.7 Å². The van der Waals surface area contributed by atoms with E-state index in [0.717, 1.165) is 21.9 Å². The highest BCUT2D eigenvalue weighted by atomic mass is 16.5. The molecule has 1 fully saturated rings. The summed E-state index contributed by atoms with van der Waals surface area (Å²) in [7, 11) is 4.83. The predicted molar refractivity (Wildman–Crippen MR) is 141 cm³/mol. The number of benzene rings is 3. The second kappa shape index (κ2) is 11.5. The number of aliphatic hydroxyl groups is 2. The maximum absolute atomic E-state index is 13.5. The van der Waals surface area contributed by atoms with E-state index in [2.05, 4.69) is 0 Å². The van der Waals surface area contributed by atoms with Crippen LogP contribution in [-0.2, 0) is 20.9 Å². The minimum Gasteiger partial charge on any atom is -0.496 e. The number of hydrogen-bond donors (Lipinski definition) is 2. The smallest absolute Gasteiger partial charge is 0.309 e. The van der Waals surface area contributed by atoms with E-state index in [4.69, 9.17) is 18.9 Å². The van der Waals surface area contributed by atoms with Gasteiger partial charge >= 0.3 is 5.97 Å². The Kier molecular flexibility index (Phi) is 8.37. The van der Waals surface area contributed by atoms with Crippen molar-refractivity contribution in [3.8, 4) is 11.5 Å². The monoisotopic (exact) mass is 508 g/mol. The number of aliphatic hydroxyl groups excluding tert-OH is 1. The molecule has 0 spiro atoms. The standard InChI is InChI=1S/C30H36O7/c1-19(31)30(33)16-15-22(24(17-30)29(32)37-18-20-9-6-5-7-10-20)27(35-3)23-14-13-21-11-8-12-25(34-2)26(21)28(23)36-4/h5-14,19,22,24,27,31,33H,15-18H2,1-4H3. The van der Waals surface area contributed by atoms with Crippen molar-refractivity contribution in [3.05, 3.63) is 71.8 Å². The number of carbonyl (C=O) groups is 1. The molecule has 2 N–H and O–H groups in total. The van der Waals surface area contributed by atoms with E-state index >= 15 is 0 Å². The summed E-state index contributed by atoms with van der Waals surface area (Å²) in [6.07, 6.45) is -0.646. The minimum absolute atomic E-state index is 0.0715. The average molecular weight is 509 g/mol. The third-order valence-electron chi connectivity index (χ3n) is 7.67. The fourth-order valence-electron chi connectivity index (χ4n) is 5.56. The summed E-state index contributed by atoms with van der Waals surface area (Å²) in [4.78, 5) is 13.5. The first kappa shape index (κ1) is 26.9. The third-order valence-corrected chi connectivity index (χ3v) is 7.67. The molecule has 5 unspecified atom stereocenters. The van der Waals surface area contributed by atoms with Gasteiger partial charge in [-0.2, -0.15) is 0 Å². The molecule has 7 heteroatoms. The molecule has 4 rings (SSSR count). The summed E-state index contributed by atoms with van der Waals surface area (Å²) in [5.41, 5.74) is 0.276. The SMILES string of the molecule is COc1cccc2ccc(C(OC)C3CCC(O)(C(C)O)CC3C(=O)OCc3ccccc3)c(OC)c12. The van der Waals surface area contributed by atoms with E-state index in [1.54, 1.807) is 28.3 Å². The molecule has 0 bridgehead atoms. The fourth-order valence-corrected chi connectivity index (χ4v) is 5.56. The number of esters is 1. The molecule has 0 amide bonds. The van der Waals surface area contributed by atoms with E-state index in [1.165, 1.54) is 0 Å². The highest BCUT2D eigenvalue weighted by Gasteiger charge is 2.49. The Balaban J connectivity index is 1.72. The van der Waals surface area contributed by atoms with E-state index in [0.29, 0.717) is 24.3 Å². The average Bonchev–Trinajstić information content (AvgIpc) is 2.92. The number of ether oxygens (including phenoxy) is 4. The molecule has 0 aliphatic heterocycles. The number of fused-ring (bicyclic) bond motifs is 1. The molecule has 1 aliphatic carbocycles. The normalized spacial score (nSPS) is 23.3. The lowest BCUT2D eigenvalue weighted by Crippen LogP contribution is -2.50. The molecule has 0 heterocycles. The summed E-state index contributed by atoms with van der Waals surface area (Å²) in [6.45, 7) is 1.68. The number of methoxy groups -OCH3 is 3.